The maximum absolute atomic E-state index is 10.9. The standard InChI is InChI=1S/C8H13NOS/c1-3-4-5-6-9-8(10)7(2)11/h7,11H,5-6H2,1-2H3,(H,9,10). The highest BCUT2D eigenvalue weighted by Gasteiger charge is 2.04. The highest BCUT2D eigenvalue weighted by atomic mass is 32.1. The van der Waals surface area contributed by atoms with Crippen molar-refractivity contribution in [2.75, 3.05) is 6.54 Å². The summed E-state index contributed by atoms with van der Waals surface area (Å²) >= 11 is 3.97. The molecular weight excluding hydrogens is 158 g/mol. The molecule has 62 valence electrons. The number of nitrogens with one attached hydrogen (secondary N) is 1. The molecule has 2 nitrogen and oxygen atoms in total. The summed E-state index contributed by atoms with van der Waals surface area (Å²) < 4.78 is 0. The Balaban J connectivity index is 3.37. The van der Waals surface area contributed by atoms with Crippen LogP contribution >= 0.6 is 12.6 Å². The van der Waals surface area contributed by atoms with Crippen LogP contribution in [0.5, 0.6) is 0 Å². The molecule has 0 spiro atoms. The quantitative estimate of drug-likeness (QED) is 0.368. The van der Waals surface area contributed by atoms with Gasteiger partial charge in [-0.25, -0.2) is 0 Å². The fraction of sp³-hybridized carbons (Fsp3) is 0.625. The van der Waals surface area contributed by atoms with Crippen LogP contribution in [0.25, 0.3) is 0 Å². The minimum atomic E-state index is -0.232. The molecule has 0 saturated heterocycles. The van der Waals surface area contributed by atoms with Crippen molar-refractivity contribution >= 4 is 18.5 Å². The van der Waals surface area contributed by atoms with Crippen molar-refractivity contribution in [2.24, 2.45) is 0 Å². The average molecular weight is 171 g/mol. The van der Waals surface area contributed by atoms with Gasteiger partial charge in [-0.2, -0.15) is 12.6 Å². The minimum absolute atomic E-state index is 0.0359. The average Bonchev–Trinajstić information content (AvgIpc) is 1.97. The normalized spacial score (nSPS) is 11.2. The first-order chi connectivity index (χ1) is 5.18. The predicted octanol–water partition coefficient (Wildman–Crippen LogP) is 0.834. The van der Waals surface area contributed by atoms with E-state index in [0.717, 1.165) is 0 Å². The zero-order valence-corrected chi connectivity index (χ0v) is 7.74. The molecule has 1 amide bonds. The van der Waals surface area contributed by atoms with E-state index in [-0.39, 0.29) is 11.2 Å². The number of amides is 1. The third-order valence-electron chi connectivity index (χ3n) is 1.11. The van der Waals surface area contributed by atoms with E-state index in [0.29, 0.717) is 13.0 Å². The zero-order valence-electron chi connectivity index (χ0n) is 6.85. The lowest BCUT2D eigenvalue weighted by molar-refractivity contribution is -0.120. The summed E-state index contributed by atoms with van der Waals surface area (Å²) in [6, 6.07) is 0. The number of hydrogen-bond donors (Lipinski definition) is 2. The van der Waals surface area contributed by atoms with Crippen LogP contribution < -0.4 is 5.32 Å². The maximum atomic E-state index is 10.9. The van der Waals surface area contributed by atoms with Gasteiger partial charge in [0.05, 0.1) is 5.25 Å². The molecule has 0 saturated carbocycles. The molecule has 0 aromatic rings. The molecule has 0 aromatic heterocycles. The molecule has 11 heavy (non-hydrogen) atoms. The molecule has 0 rings (SSSR count). The SMILES string of the molecule is CC#CCCNC(=O)C(C)S. The number of hydrogen-bond acceptors (Lipinski definition) is 2. The van der Waals surface area contributed by atoms with Crippen LogP contribution in [0.4, 0.5) is 0 Å². The van der Waals surface area contributed by atoms with Crippen LogP contribution in [0.1, 0.15) is 20.3 Å². The van der Waals surface area contributed by atoms with Gasteiger partial charge < -0.3 is 5.32 Å². The van der Waals surface area contributed by atoms with E-state index in [1.165, 1.54) is 0 Å². The van der Waals surface area contributed by atoms with E-state index in [2.05, 4.69) is 29.8 Å². The van der Waals surface area contributed by atoms with Crippen molar-refractivity contribution in [3.05, 3.63) is 0 Å². The van der Waals surface area contributed by atoms with Crippen molar-refractivity contribution in [3.8, 4) is 11.8 Å². The Morgan fingerprint density at radius 1 is 1.73 bits per heavy atom. The van der Waals surface area contributed by atoms with Crippen molar-refractivity contribution in [1.29, 1.82) is 0 Å². The van der Waals surface area contributed by atoms with Gasteiger partial charge in [0.1, 0.15) is 0 Å². The fourth-order valence-corrected chi connectivity index (χ4v) is 0.612. The molecule has 1 unspecified atom stereocenters. The van der Waals surface area contributed by atoms with Crippen LogP contribution in [0.3, 0.4) is 0 Å². The summed E-state index contributed by atoms with van der Waals surface area (Å²) in [7, 11) is 0. The molecule has 0 radical (unpaired) electrons. The van der Waals surface area contributed by atoms with Gasteiger partial charge in [0, 0.05) is 13.0 Å². The summed E-state index contributed by atoms with van der Waals surface area (Å²) in [5.41, 5.74) is 0. The monoisotopic (exact) mass is 171 g/mol. The first-order valence-electron chi connectivity index (χ1n) is 3.54. The molecule has 1 atom stereocenters. The van der Waals surface area contributed by atoms with Crippen molar-refractivity contribution in [1.82, 2.24) is 5.32 Å². The van der Waals surface area contributed by atoms with Crippen LogP contribution in [-0.2, 0) is 4.79 Å². The molecule has 0 heterocycles. The number of thiol groups is 1. The van der Waals surface area contributed by atoms with Gasteiger partial charge in [0.15, 0.2) is 0 Å². The third-order valence-corrected chi connectivity index (χ3v) is 1.34. The largest absolute Gasteiger partial charge is 0.354 e. The van der Waals surface area contributed by atoms with Crippen molar-refractivity contribution < 1.29 is 4.79 Å². The van der Waals surface area contributed by atoms with E-state index in [1.54, 1.807) is 13.8 Å². The van der Waals surface area contributed by atoms with Crippen LogP contribution in [0, 0.1) is 11.8 Å². The molecule has 3 heteroatoms. The Morgan fingerprint density at radius 2 is 2.36 bits per heavy atom. The predicted molar refractivity (Wildman–Crippen MR) is 49.5 cm³/mol. The van der Waals surface area contributed by atoms with Crippen molar-refractivity contribution in [2.45, 2.75) is 25.5 Å². The van der Waals surface area contributed by atoms with E-state index in [1.807, 2.05) is 0 Å². The van der Waals surface area contributed by atoms with Crippen LogP contribution in [-0.4, -0.2) is 17.7 Å². The highest BCUT2D eigenvalue weighted by Crippen LogP contribution is 1.90. The lowest BCUT2D eigenvalue weighted by Gasteiger charge is -2.03. The first kappa shape index (κ1) is 10.4. The third kappa shape index (κ3) is 5.81. The second kappa shape index (κ2) is 6.11. The van der Waals surface area contributed by atoms with Gasteiger partial charge in [-0.15, -0.1) is 11.8 Å². The second-order valence-electron chi connectivity index (χ2n) is 2.14. The molecule has 0 aliphatic heterocycles. The minimum Gasteiger partial charge on any atom is -0.354 e. The Morgan fingerprint density at radius 3 is 2.82 bits per heavy atom. The summed E-state index contributed by atoms with van der Waals surface area (Å²) in [6.07, 6.45) is 0.711. The molecular formula is C8H13NOS. The lowest BCUT2D eigenvalue weighted by atomic mass is 10.4. The van der Waals surface area contributed by atoms with E-state index < -0.39 is 0 Å². The molecule has 0 bridgehead atoms. The maximum Gasteiger partial charge on any atom is 0.232 e. The lowest BCUT2D eigenvalue weighted by Crippen LogP contribution is -2.30. The number of carbonyl (C=O) groups is 1. The molecule has 0 aliphatic rings. The van der Waals surface area contributed by atoms with E-state index in [4.69, 9.17) is 0 Å². The van der Waals surface area contributed by atoms with Crippen molar-refractivity contribution in [3.63, 3.8) is 0 Å². The zero-order chi connectivity index (χ0) is 8.69. The van der Waals surface area contributed by atoms with Crippen LogP contribution in [0.15, 0.2) is 0 Å². The summed E-state index contributed by atoms with van der Waals surface area (Å²) in [4.78, 5) is 10.9. The van der Waals surface area contributed by atoms with Gasteiger partial charge in [-0.1, -0.05) is 0 Å². The number of rotatable bonds is 3. The fourth-order valence-electron chi connectivity index (χ4n) is 0.521. The molecule has 0 fully saturated rings. The Labute approximate surface area is 73.2 Å². The van der Waals surface area contributed by atoms with Gasteiger partial charge in [0.2, 0.25) is 5.91 Å². The molecule has 1 N–H and O–H groups in total. The Hall–Kier alpha value is -0.620. The van der Waals surface area contributed by atoms with E-state index >= 15 is 0 Å². The smallest absolute Gasteiger partial charge is 0.232 e. The summed E-state index contributed by atoms with van der Waals surface area (Å²) in [5, 5.41) is 2.47. The first-order valence-corrected chi connectivity index (χ1v) is 4.05. The second-order valence-corrected chi connectivity index (χ2v) is 2.92. The summed E-state index contributed by atoms with van der Waals surface area (Å²) in [5.74, 6) is 5.57. The van der Waals surface area contributed by atoms with Gasteiger partial charge >= 0.3 is 0 Å². The van der Waals surface area contributed by atoms with Crippen LogP contribution in [0.2, 0.25) is 0 Å². The number of carbonyl (C=O) groups excluding carboxylic acids is 1. The topological polar surface area (TPSA) is 29.1 Å². The van der Waals surface area contributed by atoms with Gasteiger partial charge in [-0.3, -0.25) is 4.79 Å². The summed E-state index contributed by atoms with van der Waals surface area (Å²) in [6.45, 7) is 4.14. The molecule has 0 aliphatic carbocycles. The highest BCUT2D eigenvalue weighted by molar-refractivity contribution is 7.81. The van der Waals surface area contributed by atoms with E-state index in [9.17, 15) is 4.79 Å². The Kier molecular flexibility index (Phi) is 5.77. The van der Waals surface area contributed by atoms with Gasteiger partial charge in [-0.05, 0) is 13.8 Å². The Bertz CT molecular complexity index is 178. The van der Waals surface area contributed by atoms with Gasteiger partial charge in [0.25, 0.3) is 0 Å². The molecule has 0 aromatic carbocycles.